The average molecular weight is 262 g/mol. The quantitative estimate of drug-likeness (QED) is 0.882. The zero-order valence-corrected chi connectivity index (χ0v) is 12.1. The second-order valence-electron chi connectivity index (χ2n) is 5.57. The molecule has 2 N–H and O–H groups in total. The van der Waals surface area contributed by atoms with Crippen molar-refractivity contribution in [3.8, 4) is 0 Å². The van der Waals surface area contributed by atoms with Crippen LogP contribution in [0.1, 0.15) is 25.8 Å². The van der Waals surface area contributed by atoms with Crippen molar-refractivity contribution in [3.05, 3.63) is 35.9 Å². The molecule has 0 saturated carbocycles. The monoisotopic (exact) mass is 262 g/mol. The van der Waals surface area contributed by atoms with E-state index in [1.54, 1.807) is 0 Å². The fraction of sp³-hybridized carbons (Fsp3) is 0.625. The van der Waals surface area contributed by atoms with E-state index in [1.165, 1.54) is 5.56 Å². The molecule has 1 aliphatic heterocycles. The summed E-state index contributed by atoms with van der Waals surface area (Å²) in [6, 6.07) is 10.7. The second kappa shape index (κ2) is 6.51. The van der Waals surface area contributed by atoms with Crippen LogP contribution in [-0.2, 0) is 11.2 Å². The number of morpholine rings is 1. The van der Waals surface area contributed by atoms with E-state index in [1.807, 2.05) is 0 Å². The minimum atomic E-state index is 0.0688. The Balaban J connectivity index is 2.16. The van der Waals surface area contributed by atoms with Crippen LogP contribution in [0.25, 0.3) is 0 Å². The van der Waals surface area contributed by atoms with Crippen LogP contribution >= 0.6 is 0 Å². The van der Waals surface area contributed by atoms with E-state index in [0.29, 0.717) is 12.6 Å². The maximum Gasteiger partial charge on any atom is 0.0674 e. The third-order valence-electron chi connectivity index (χ3n) is 4.33. The predicted molar refractivity (Wildman–Crippen MR) is 79.2 cm³/mol. The van der Waals surface area contributed by atoms with E-state index < -0.39 is 0 Å². The molecule has 1 fully saturated rings. The topological polar surface area (TPSA) is 38.5 Å². The van der Waals surface area contributed by atoms with Crippen molar-refractivity contribution in [1.29, 1.82) is 0 Å². The number of ether oxygens (including phenoxy) is 1. The highest BCUT2D eigenvalue weighted by Gasteiger charge is 2.36. The SMILES string of the molecule is CCC(CN)(Cc1ccccc1)N1CCOC(C)C1. The molecule has 3 heteroatoms. The Kier molecular flexibility index (Phi) is 4.97. The molecule has 0 aromatic heterocycles. The second-order valence-corrected chi connectivity index (χ2v) is 5.57. The highest BCUT2D eigenvalue weighted by Crippen LogP contribution is 2.26. The smallest absolute Gasteiger partial charge is 0.0674 e. The van der Waals surface area contributed by atoms with Crippen molar-refractivity contribution >= 4 is 0 Å². The molecule has 1 aromatic rings. The molecule has 0 bridgehead atoms. The van der Waals surface area contributed by atoms with Gasteiger partial charge in [-0.3, -0.25) is 4.90 Å². The van der Waals surface area contributed by atoms with Crippen LogP contribution < -0.4 is 5.73 Å². The van der Waals surface area contributed by atoms with Crippen molar-refractivity contribution < 1.29 is 4.74 Å². The zero-order valence-electron chi connectivity index (χ0n) is 12.1. The first-order valence-electron chi connectivity index (χ1n) is 7.31. The summed E-state index contributed by atoms with van der Waals surface area (Å²) in [6.07, 6.45) is 2.40. The Morgan fingerprint density at radius 2 is 2.11 bits per heavy atom. The van der Waals surface area contributed by atoms with Crippen molar-refractivity contribution in [3.63, 3.8) is 0 Å². The van der Waals surface area contributed by atoms with Gasteiger partial charge >= 0.3 is 0 Å². The molecule has 1 aliphatic rings. The number of nitrogens with zero attached hydrogens (tertiary/aromatic N) is 1. The van der Waals surface area contributed by atoms with Gasteiger partial charge in [-0.25, -0.2) is 0 Å². The first-order valence-corrected chi connectivity index (χ1v) is 7.31. The fourth-order valence-corrected chi connectivity index (χ4v) is 3.03. The fourth-order valence-electron chi connectivity index (χ4n) is 3.03. The summed E-state index contributed by atoms with van der Waals surface area (Å²) in [5, 5.41) is 0. The minimum absolute atomic E-state index is 0.0688. The first-order chi connectivity index (χ1) is 9.20. The lowest BCUT2D eigenvalue weighted by atomic mass is 9.85. The summed E-state index contributed by atoms with van der Waals surface area (Å²) in [7, 11) is 0. The van der Waals surface area contributed by atoms with E-state index in [-0.39, 0.29) is 5.54 Å². The Hall–Kier alpha value is -0.900. The summed E-state index contributed by atoms with van der Waals surface area (Å²) in [5.41, 5.74) is 7.60. The van der Waals surface area contributed by atoms with Crippen LogP contribution in [0, 0.1) is 0 Å². The molecule has 0 aliphatic carbocycles. The van der Waals surface area contributed by atoms with Gasteiger partial charge in [-0.1, -0.05) is 37.3 Å². The molecule has 106 valence electrons. The van der Waals surface area contributed by atoms with E-state index in [0.717, 1.165) is 32.5 Å². The maximum absolute atomic E-state index is 6.16. The number of hydrogen-bond acceptors (Lipinski definition) is 3. The third-order valence-corrected chi connectivity index (χ3v) is 4.33. The van der Waals surface area contributed by atoms with Gasteiger partial charge in [-0.05, 0) is 25.3 Å². The lowest BCUT2D eigenvalue weighted by Crippen LogP contribution is -2.59. The summed E-state index contributed by atoms with van der Waals surface area (Å²) < 4.78 is 5.66. The highest BCUT2D eigenvalue weighted by molar-refractivity contribution is 5.18. The lowest BCUT2D eigenvalue weighted by Gasteiger charge is -2.46. The molecule has 2 unspecified atom stereocenters. The van der Waals surface area contributed by atoms with Gasteiger partial charge in [0, 0.05) is 25.2 Å². The first kappa shape index (κ1) is 14.5. The largest absolute Gasteiger partial charge is 0.376 e. The molecule has 1 saturated heterocycles. The molecular formula is C16H26N2O. The van der Waals surface area contributed by atoms with Crippen molar-refractivity contribution in [2.45, 2.75) is 38.3 Å². The van der Waals surface area contributed by atoms with Crippen molar-refractivity contribution in [1.82, 2.24) is 4.90 Å². The Labute approximate surface area is 116 Å². The molecule has 0 radical (unpaired) electrons. The standard InChI is InChI=1S/C16H26N2O/c1-3-16(13-17,11-15-7-5-4-6-8-15)18-9-10-19-14(2)12-18/h4-8,14H,3,9-13,17H2,1-2H3. The van der Waals surface area contributed by atoms with Gasteiger partial charge in [0.2, 0.25) is 0 Å². The Morgan fingerprint density at radius 1 is 1.37 bits per heavy atom. The molecule has 0 amide bonds. The average Bonchev–Trinajstić information content (AvgIpc) is 2.46. The van der Waals surface area contributed by atoms with Crippen LogP contribution in [0.15, 0.2) is 30.3 Å². The molecular weight excluding hydrogens is 236 g/mol. The van der Waals surface area contributed by atoms with Gasteiger partial charge in [0.15, 0.2) is 0 Å². The van der Waals surface area contributed by atoms with Crippen molar-refractivity contribution in [2.75, 3.05) is 26.2 Å². The van der Waals surface area contributed by atoms with Crippen LogP contribution in [-0.4, -0.2) is 42.8 Å². The van der Waals surface area contributed by atoms with Gasteiger partial charge in [0.1, 0.15) is 0 Å². The van der Waals surface area contributed by atoms with Gasteiger partial charge in [-0.2, -0.15) is 0 Å². The highest BCUT2D eigenvalue weighted by atomic mass is 16.5. The van der Waals surface area contributed by atoms with Crippen LogP contribution in [0.3, 0.4) is 0 Å². The summed E-state index contributed by atoms with van der Waals surface area (Å²) >= 11 is 0. The van der Waals surface area contributed by atoms with E-state index in [9.17, 15) is 0 Å². The van der Waals surface area contributed by atoms with E-state index >= 15 is 0 Å². The van der Waals surface area contributed by atoms with Crippen LogP contribution in [0.2, 0.25) is 0 Å². The predicted octanol–water partition coefficient (Wildman–Crippen LogP) is 2.06. The molecule has 2 atom stereocenters. The molecule has 0 spiro atoms. The molecule has 3 nitrogen and oxygen atoms in total. The van der Waals surface area contributed by atoms with Gasteiger partial charge in [0.05, 0.1) is 12.7 Å². The summed E-state index contributed by atoms with van der Waals surface area (Å²) in [6.45, 7) is 7.88. The van der Waals surface area contributed by atoms with Crippen LogP contribution in [0.5, 0.6) is 0 Å². The number of benzene rings is 1. The number of rotatable bonds is 5. The lowest BCUT2D eigenvalue weighted by molar-refractivity contribution is -0.0618. The number of nitrogens with two attached hydrogens (primary N) is 1. The number of hydrogen-bond donors (Lipinski definition) is 1. The molecule has 1 aromatic carbocycles. The molecule has 1 heterocycles. The Morgan fingerprint density at radius 3 is 2.68 bits per heavy atom. The zero-order chi connectivity index (χ0) is 13.7. The third kappa shape index (κ3) is 3.35. The molecule has 2 rings (SSSR count). The van der Waals surface area contributed by atoms with Crippen LogP contribution in [0.4, 0.5) is 0 Å². The van der Waals surface area contributed by atoms with Crippen molar-refractivity contribution in [2.24, 2.45) is 5.73 Å². The Bertz CT molecular complexity index is 376. The van der Waals surface area contributed by atoms with Gasteiger partial charge < -0.3 is 10.5 Å². The summed E-state index contributed by atoms with van der Waals surface area (Å²) in [4.78, 5) is 2.54. The summed E-state index contributed by atoms with van der Waals surface area (Å²) in [5.74, 6) is 0. The maximum atomic E-state index is 6.16. The minimum Gasteiger partial charge on any atom is -0.376 e. The van der Waals surface area contributed by atoms with Gasteiger partial charge in [0.25, 0.3) is 0 Å². The normalized spacial score (nSPS) is 24.1. The van der Waals surface area contributed by atoms with Gasteiger partial charge in [-0.15, -0.1) is 0 Å². The van der Waals surface area contributed by atoms with E-state index in [2.05, 4.69) is 49.1 Å². The molecule has 19 heavy (non-hydrogen) atoms. The van der Waals surface area contributed by atoms with E-state index in [4.69, 9.17) is 10.5 Å².